The Bertz CT molecular complexity index is 400. The molecule has 1 aromatic rings. The van der Waals surface area contributed by atoms with E-state index in [0.29, 0.717) is 13.0 Å². The number of esters is 1. The van der Waals surface area contributed by atoms with Crippen molar-refractivity contribution in [3.05, 3.63) is 21.9 Å². The molecule has 94 valence electrons. The van der Waals surface area contributed by atoms with Crippen molar-refractivity contribution in [2.75, 3.05) is 7.11 Å². The highest BCUT2D eigenvalue weighted by atomic mass is 32.1. The summed E-state index contributed by atoms with van der Waals surface area (Å²) in [4.78, 5) is 24.2. The molecule has 0 fully saturated rings. The Labute approximate surface area is 105 Å². The average Bonchev–Trinajstić information content (AvgIpc) is 2.72. The van der Waals surface area contributed by atoms with Crippen LogP contribution in [0.15, 0.2) is 11.4 Å². The van der Waals surface area contributed by atoms with Crippen molar-refractivity contribution in [3.63, 3.8) is 0 Å². The summed E-state index contributed by atoms with van der Waals surface area (Å²) in [6.45, 7) is 4.25. The summed E-state index contributed by atoms with van der Waals surface area (Å²) in [7, 11) is 1.29. The van der Waals surface area contributed by atoms with Gasteiger partial charge in [-0.2, -0.15) is 0 Å². The van der Waals surface area contributed by atoms with Crippen molar-refractivity contribution in [1.29, 1.82) is 0 Å². The van der Waals surface area contributed by atoms with Crippen LogP contribution in [0, 0.1) is 12.8 Å². The van der Waals surface area contributed by atoms with Gasteiger partial charge >= 0.3 is 5.97 Å². The molecule has 1 unspecified atom stereocenters. The molecular weight excluding hydrogens is 238 g/mol. The molecule has 0 bridgehead atoms. The number of hydrogen-bond donors (Lipinski definition) is 1. The molecule has 0 radical (unpaired) electrons. The second kappa shape index (κ2) is 6.39. The van der Waals surface area contributed by atoms with Gasteiger partial charge in [-0.05, 0) is 30.4 Å². The van der Waals surface area contributed by atoms with E-state index >= 15 is 0 Å². The zero-order chi connectivity index (χ0) is 12.8. The Morgan fingerprint density at radius 1 is 1.53 bits per heavy atom. The predicted octanol–water partition coefficient (Wildman–Crippen LogP) is 1.87. The lowest BCUT2D eigenvalue weighted by atomic mass is 10.1. The zero-order valence-electron chi connectivity index (χ0n) is 10.3. The summed E-state index contributed by atoms with van der Waals surface area (Å²) in [6.07, 6.45) is 0.446. The summed E-state index contributed by atoms with van der Waals surface area (Å²) in [6, 6.07) is 2.00. The van der Waals surface area contributed by atoms with Crippen LogP contribution in [0.4, 0.5) is 0 Å². The number of nitrogens with one attached hydrogen (secondary N) is 1. The van der Waals surface area contributed by atoms with E-state index in [1.165, 1.54) is 7.11 Å². The third kappa shape index (κ3) is 3.56. The Kier molecular flexibility index (Phi) is 5.15. The fourth-order valence-corrected chi connectivity index (χ4v) is 2.32. The molecule has 0 aliphatic carbocycles. The third-order valence-corrected chi connectivity index (χ3v) is 3.62. The van der Waals surface area contributed by atoms with Crippen LogP contribution in [-0.4, -0.2) is 19.0 Å². The monoisotopic (exact) mass is 255 g/mol. The van der Waals surface area contributed by atoms with Gasteiger partial charge in [0.2, 0.25) is 5.91 Å². The van der Waals surface area contributed by atoms with Gasteiger partial charge in [-0.15, -0.1) is 11.3 Å². The summed E-state index contributed by atoms with van der Waals surface area (Å²) in [5.74, 6) is -1.46. The van der Waals surface area contributed by atoms with Crippen molar-refractivity contribution < 1.29 is 14.3 Å². The number of ether oxygens (including phenoxy) is 1. The molecular formula is C12H17NO3S. The molecule has 17 heavy (non-hydrogen) atoms. The lowest BCUT2D eigenvalue weighted by Gasteiger charge is -2.12. The Hall–Kier alpha value is -1.36. The first-order valence-electron chi connectivity index (χ1n) is 5.48. The first-order chi connectivity index (χ1) is 8.10. The lowest BCUT2D eigenvalue weighted by Crippen LogP contribution is -2.35. The van der Waals surface area contributed by atoms with Crippen LogP contribution in [0.3, 0.4) is 0 Å². The fourth-order valence-electron chi connectivity index (χ4n) is 1.48. The van der Waals surface area contributed by atoms with Gasteiger partial charge in [0.05, 0.1) is 13.7 Å². The van der Waals surface area contributed by atoms with Gasteiger partial charge in [-0.1, -0.05) is 6.92 Å². The summed E-state index contributed by atoms with van der Waals surface area (Å²) >= 11 is 1.59. The van der Waals surface area contributed by atoms with E-state index in [1.54, 1.807) is 18.3 Å². The first-order valence-corrected chi connectivity index (χ1v) is 6.36. The van der Waals surface area contributed by atoms with Gasteiger partial charge in [-0.25, -0.2) is 0 Å². The number of hydrogen-bond acceptors (Lipinski definition) is 4. The van der Waals surface area contributed by atoms with Crippen molar-refractivity contribution in [3.8, 4) is 0 Å². The van der Waals surface area contributed by atoms with E-state index < -0.39 is 11.9 Å². The number of amides is 1. The lowest BCUT2D eigenvalue weighted by molar-refractivity contribution is -0.150. The highest BCUT2D eigenvalue weighted by molar-refractivity contribution is 7.10. The van der Waals surface area contributed by atoms with Gasteiger partial charge in [0.1, 0.15) is 5.92 Å². The molecule has 1 rings (SSSR count). The summed E-state index contributed by atoms with van der Waals surface area (Å²) in [5, 5.41) is 4.74. The van der Waals surface area contributed by atoms with Gasteiger partial charge < -0.3 is 10.1 Å². The van der Waals surface area contributed by atoms with Crippen molar-refractivity contribution in [2.45, 2.75) is 26.8 Å². The van der Waals surface area contributed by atoms with Crippen LogP contribution in [0.2, 0.25) is 0 Å². The van der Waals surface area contributed by atoms with Crippen LogP contribution in [0.1, 0.15) is 23.8 Å². The van der Waals surface area contributed by atoms with Crippen molar-refractivity contribution >= 4 is 23.2 Å². The van der Waals surface area contributed by atoms with E-state index in [-0.39, 0.29) is 5.91 Å². The number of aryl methyl sites for hydroxylation is 1. The van der Waals surface area contributed by atoms with Crippen LogP contribution in [-0.2, 0) is 20.9 Å². The molecule has 0 spiro atoms. The van der Waals surface area contributed by atoms with E-state index in [0.717, 1.165) is 10.4 Å². The third-order valence-electron chi connectivity index (χ3n) is 2.60. The fraction of sp³-hybridized carbons (Fsp3) is 0.500. The standard InChI is InChI=1S/C12H17NO3S/c1-4-9(12(15)16-3)11(14)13-7-10-8(2)5-6-17-10/h5-6,9H,4,7H2,1-3H3,(H,13,14). The summed E-state index contributed by atoms with van der Waals surface area (Å²) in [5.41, 5.74) is 1.15. The highest BCUT2D eigenvalue weighted by Gasteiger charge is 2.25. The minimum Gasteiger partial charge on any atom is -0.468 e. The minimum absolute atomic E-state index is 0.271. The van der Waals surface area contributed by atoms with E-state index in [4.69, 9.17) is 0 Å². The van der Waals surface area contributed by atoms with Gasteiger partial charge in [-0.3, -0.25) is 9.59 Å². The van der Waals surface area contributed by atoms with Crippen molar-refractivity contribution in [2.24, 2.45) is 5.92 Å². The largest absolute Gasteiger partial charge is 0.468 e. The number of rotatable bonds is 5. The molecule has 4 nitrogen and oxygen atoms in total. The number of methoxy groups -OCH3 is 1. The van der Waals surface area contributed by atoms with Crippen molar-refractivity contribution in [1.82, 2.24) is 5.32 Å². The van der Waals surface area contributed by atoms with E-state index in [1.807, 2.05) is 18.4 Å². The molecule has 0 saturated heterocycles. The molecule has 1 atom stereocenters. The second-order valence-corrected chi connectivity index (χ2v) is 4.73. The highest BCUT2D eigenvalue weighted by Crippen LogP contribution is 2.15. The SMILES string of the molecule is CCC(C(=O)NCc1sccc1C)C(=O)OC. The maximum absolute atomic E-state index is 11.8. The number of carbonyl (C=O) groups excluding carboxylic acids is 2. The van der Waals surface area contributed by atoms with E-state index in [2.05, 4.69) is 10.1 Å². The van der Waals surface area contributed by atoms with Crippen LogP contribution >= 0.6 is 11.3 Å². The molecule has 0 saturated carbocycles. The molecule has 0 aromatic carbocycles. The maximum Gasteiger partial charge on any atom is 0.318 e. The average molecular weight is 255 g/mol. The summed E-state index contributed by atoms with van der Waals surface area (Å²) < 4.78 is 4.59. The molecule has 1 amide bonds. The number of thiophene rings is 1. The smallest absolute Gasteiger partial charge is 0.318 e. The Balaban J connectivity index is 2.54. The molecule has 0 aliphatic rings. The van der Waals surface area contributed by atoms with E-state index in [9.17, 15) is 9.59 Å². The Morgan fingerprint density at radius 2 is 2.24 bits per heavy atom. The zero-order valence-corrected chi connectivity index (χ0v) is 11.1. The molecule has 0 aliphatic heterocycles. The first kappa shape index (κ1) is 13.7. The van der Waals surface area contributed by atoms with Crippen LogP contribution in [0.25, 0.3) is 0 Å². The minimum atomic E-state index is -0.708. The normalized spacial score (nSPS) is 11.9. The molecule has 1 aromatic heterocycles. The van der Waals surface area contributed by atoms with Crippen LogP contribution < -0.4 is 5.32 Å². The van der Waals surface area contributed by atoms with Crippen LogP contribution in [0.5, 0.6) is 0 Å². The molecule has 5 heteroatoms. The topological polar surface area (TPSA) is 55.4 Å². The Morgan fingerprint density at radius 3 is 2.71 bits per heavy atom. The van der Waals surface area contributed by atoms with Gasteiger partial charge in [0, 0.05) is 4.88 Å². The second-order valence-electron chi connectivity index (χ2n) is 3.73. The quantitative estimate of drug-likeness (QED) is 0.645. The maximum atomic E-state index is 11.8. The molecule has 1 N–H and O–H groups in total. The predicted molar refractivity (Wildman–Crippen MR) is 66.7 cm³/mol. The van der Waals surface area contributed by atoms with Gasteiger partial charge in [0.25, 0.3) is 0 Å². The molecule has 1 heterocycles. The number of carbonyl (C=O) groups is 2. The van der Waals surface area contributed by atoms with Gasteiger partial charge in [0.15, 0.2) is 0 Å².